The predicted molar refractivity (Wildman–Crippen MR) is 114 cm³/mol. The number of nitrogens with one attached hydrogen (secondary N) is 1. The third kappa shape index (κ3) is 3.80. The standard InChI is InChI=1S/C23H18ClNO2S/c24-19-11-6-10-18(16-19)23(25-28(26,27)20-12-2-1-3-13-20)22-15-7-9-17-8-4-5-14-21(17)22/h1-16,23,25H. The minimum absolute atomic E-state index is 0.224. The molecule has 0 bridgehead atoms. The average Bonchev–Trinajstić information content (AvgIpc) is 2.72. The third-order valence-electron chi connectivity index (χ3n) is 4.64. The normalized spacial score (nSPS) is 12.8. The quantitative estimate of drug-likeness (QED) is 0.470. The third-order valence-corrected chi connectivity index (χ3v) is 6.32. The molecule has 1 unspecified atom stereocenters. The maximum absolute atomic E-state index is 13.1. The van der Waals surface area contributed by atoms with Crippen LogP contribution in [-0.2, 0) is 10.0 Å². The Morgan fingerprint density at radius 3 is 2.21 bits per heavy atom. The Morgan fingerprint density at radius 2 is 1.43 bits per heavy atom. The lowest BCUT2D eigenvalue weighted by atomic mass is 9.94. The van der Waals surface area contributed by atoms with Crippen LogP contribution in [0.4, 0.5) is 0 Å². The number of halogens is 1. The molecule has 4 aromatic rings. The lowest BCUT2D eigenvalue weighted by molar-refractivity contribution is 0.572. The molecule has 0 aliphatic carbocycles. The molecule has 0 heterocycles. The van der Waals surface area contributed by atoms with Crippen LogP contribution in [-0.4, -0.2) is 8.42 Å². The second kappa shape index (κ2) is 7.76. The lowest BCUT2D eigenvalue weighted by Crippen LogP contribution is -2.29. The first-order valence-corrected chi connectivity index (χ1v) is 10.7. The van der Waals surface area contributed by atoms with Gasteiger partial charge in [0.15, 0.2) is 0 Å². The molecule has 0 spiro atoms. The van der Waals surface area contributed by atoms with E-state index in [0.717, 1.165) is 21.9 Å². The van der Waals surface area contributed by atoms with Gasteiger partial charge < -0.3 is 0 Å². The fourth-order valence-corrected chi connectivity index (χ4v) is 4.75. The van der Waals surface area contributed by atoms with Crippen molar-refractivity contribution in [3.05, 3.63) is 113 Å². The molecule has 0 aliphatic rings. The Balaban J connectivity index is 1.88. The Labute approximate surface area is 169 Å². The molecule has 5 heteroatoms. The summed E-state index contributed by atoms with van der Waals surface area (Å²) in [5.41, 5.74) is 1.66. The van der Waals surface area contributed by atoms with E-state index in [0.29, 0.717) is 5.02 Å². The van der Waals surface area contributed by atoms with E-state index in [-0.39, 0.29) is 4.90 Å². The van der Waals surface area contributed by atoms with E-state index in [9.17, 15) is 8.42 Å². The molecule has 0 fully saturated rings. The van der Waals surface area contributed by atoms with Crippen LogP contribution >= 0.6 is 11.6 Å². The summed E-state index contributed by atoms with van der Waals surface area (Å²) in [5.74, 6) is 0. The number of benzene rings is 4. The summed E-state index contributed by atoms with van der Waals surface area (Å²) in [6.45, 7) is 0. The van der Waals surface area contributed by atoms with Gasteiger partial charge in [-0.2, -0.15) is 4.72 Å². The van der Waals surface area contributed by atoms with Gasteiger partial charge in [-0.1, -0.05) is 84.4 Å². The smallest absolute Gasteiger partial charge is 0.207 e. The van der Waals surface area contributed by atoms with Crippen molar-refractivity contribution in [2.75, 3.05) is 0 Å². The molecule has 4 rings (SSSR count). The molecular weight excluding hydrogens is 390 g/mol. The van der Waals surface area contributed by atoms with Crippen molar-refractivity contribution in [3.63, 3.8) is 0 Å². The van der Waals surface area contributed by atoms with Crippen molar-refractivity contribution in [2.24, 2.45) is 0 Å². The molecular formula is C23H18ClNO2S. The Bertz CT molecular complexity index is 1220. The van der Waals surface area contributed by atoms with E-state index in [1.54, 1.807) is 42.5 Å². The molecule has 0 saturated heterocycles. The molecule has 0 saturated carbocycles. The van der Waals surface area contributed by atoms with Gasteiger partial charge in [-0.15, -0.1) is 0 Å². The monoisotopic (exact) mass is 407 g/mol. The van der Waals surface area contributed by atoms with Crippen molar-refractivity contribution < 1.29 is 8.42 Å². The lowest BCUT2D eigenvalue weighted by Gasteiger charge is -2.22. The van der Waals surface area contributed by atoms with Crippen molar-refractivity contribution >= 4 is 32.4 Å². The summed E-state index contributed by atoms with van der Waals surface area (Å²) in [5, 5.41) is 2.60. The molecule has 0 radical (unpaired) electrons. The van der Waals surface area contributed by atoms with Crippen LogP contribution in [0, 0.1) is 0 Å². The zero-order valence-corrected chi connectivity index (χ0v) is 16.5. The van der Waals surface area contributed by atoms with Crippen molar-refractivity contribution in [2.45, 2.75) is 10.9 Å². The molecule has 0 amide bonds. The topological polar surface area (TPSA) is 46.2 Å². The van der Waals surface area contributed by atoms with E-state index in [2.05, 4.69) is 4.72 Å². The van der Waals surface area contributed by atoms with Gasteiger partial charge >= 0.3 is 0 Å². The average molecular weight is 408 g/mol. The van der Waals surface area contributed by atoms with E-state index < -0.39 is 16.1 Å². The summed E-state index contributed by atoms with van der Waals surface area (Å²) in [4.78, 5) is 0.224. The number of hydrogen-bond donors (Lipinski definition) is 1. The van der Waals surface area contributed by atoms with Crippen LogP contribution in [0.25, 0.3) is 10.8 Å². The molecule has 4 aromatic carbocycles. The predicted octanol–water partition coefficient (Wildman–Crippen LogP) is 5.56. The minimum atomic E-state index is -3.73. The van der Waals surface area contributed by atoms with Gasteiger partial charge in [0.25, 0.3) is 0 Å². The Hall–Kier alpha value is -2.66. The SMILES string of the molecule is O=S(=O)(NC(c1cccc(Cl)c1)c1cccc2ccccc12)c1ccccc1. The van der Waals surface area contributed by atoms with Gasteiger partial charge in [0.05, 0.1) is 10.9 Å². The van der Waals surface area contributed by atoms with Gasteiger partial charge in [-0.3, -0.25) is 0 Å². The van der Waals surface area contributed by atoms with E-state index in [1.807, 2.05) is 54.6 Å². The number of hydrogen-bond acceptors (Lipinski definition) is 2. The first-order valence-electron chi connectivity index (χ1n) is 8.85. The maximum Gasteiger partial charge on any atom is 0.241 e. The Morgan fingerprint density at radius 1 is 0.750 bits per heavy atom. The molecule has 140 valence electrons. The van der Waals surface area contributed by atoms with Crippen LogP contribution < -0.4 is 4.72 Å². The van der Waals surface area contributed by atoms with Gasteiger partial charge in [-0.05, 0) is 46.2 Å². The van der Waals surface area contributed by atoms with Crippen LogP contribution in [0.5, 0.6) is 0 Å². The highest BCUT2D eigenvalue weighted by molar-refractivity contribution is 7.89. The first kappa shape index (κ1) is 18.7. The second-order valence-electron chi connectivity index (χ2n) is 6.49. The summed E-state index contributed by atoms with van der Waals surface area (Å²) < 4.78 is 29.0. The highest BCUT2D eigenvalue weighted by Crippen LogP contribution is 2.31. The maximum atomic E-state index is 13.1. The van der Waals surface area contributed by atoms with E-state index >= 15 is 0 Å². The van der Waals surface area contributed by atoms with Crippen LogP contribution in [0.2, 0.25) is 5.02 Å². The van der Waals surface area contributed by atoms with Crippen molar-refractivity contribution in [1.29, 1.82) is 0 Å². The van der Waals surface area contributed by atoms with Gasteiger partial charge in [0.2, 0.25) is 10.0 Å². The van der Waals surface area contributed by atoms with Gasteiger partial charge in [0.1, 0.15) is 0 Å². The van der Waals surface area contributed by atoms with E-state index in [4.69, 9.17) is 11.6 Å². The largest absolute Gasteiger partial charge is 0.241 e. The van der Waals surface area contributed by atoms with E-state index in [1.165, 1.54) is 0 Å². The highest BCUT2D eigenvalue weighted by Gasteiger charge is 2.24. The van der Waals surface area contributed by atoms with Crippen LogP contribution in [0.1, 0.15) is 17.2 Å². The number of fused-ring (bicyclic) bond motifs is 1. The van der Waals surface area contributed by atoms with Crippen molar-refractivity contribution in [3.8, 4) is 0 Å². The molecule has 1 atom stereocenters. The fraction of sp³-hybridized carbons (Fsp3) is 0.0435. The summed E-state index contributed by atoms with van der Waals surface area (Å²) in [7, 11) is -3.73. The molecule has 0 aromatic heterocycles. The van der Waals surface area contributed by atoms with Crippen LogP contribution in [0.15, 0.2) is 102 Å². The number of rotatable bonds is 5. The van der Waals surface area contributed by atoms with Gasteiger partial charge in [0, 0.05) is 5.02 Å². The summed E-state index contributed by atoms with van der Waals surface area (Å²) in [6, 6.07) is 28.9. The second-order valence-corrected chi connectivity index (χ2v) is 8.64. The zero-order valence-electron chi connectivity index (χ0n) is 14.9. The van der Waals surface area contributed by atoms with Crippen molar-refractivity contribution in [1.82, 2.24) is 4.72 Å². The minimum Gasteiger partial charge on any atom is -0.207 e. The van der Waals surface area contributed by atoms with Crippen LogP contribution in [0.3, 0.4) is 0 Å². The Kier molecular flexibility index (Phi) is 5.18. The molecule has 1 N–H and O–H groups in total. The number of sulfonamides is 1. The first-order chi connectivity index (χ1) is 13.5. The zero-order chi connectivity index (χ0) is 19.6. The molecule has 0 aliphatic heterocycles. The highest BCUT2D eigenvalue weighted by atomic mass is 35.5. The fourth-order valence-electron chi connectivity index (χ4n) is 3.32. The van der Waals surface area contributed by atoms with Gasteiger partial charge in [-0.25, -0.2) is 8.42 Å². The summed E-state index contributed by atoms with van der Waals surface area (Å²) >= 11 is 6.21. The summed E-state index contributed by atoms with van der Waals surface area (Å²) in [6.07, 6.45) is 0. The molecule has 3 nitrogen and oxygen atoms in total. The molecule has 28 heavy (non-hydrogen) atoms.